The highest BCUT2D eigenvalue weighted by Gasteiger charge is 2.33. The van der Waals surface area contributed by atoms with Crippen molar-refractivity contribution in [2.75, 3.05) is 26.8 Å². The number of rotatable bonds is 4. The normalized spacial score (nSPS) is 24.6. The number of ether oxygens (including phenoxy) is 2. The standard InChI is InChI=1S/C13H19NO5S/c1-10-7-14(8-12(9-15)19-10)20(16,17)13-5-3-11(18-2)4-6-13/h3-6,10,12,15H,7-9H2,1-2H3. The van der Waals surface area contributed by atoms with Gasteiger partial charge in [0.1, 0.15) is 5.75 Å². The topological polar surface area (TPSA) is 76.1 Å². The highest BCUT2D eigenvalue weighted by atomic mass is 32.2. The average Bonchev–Trinajstić information content (AvgIpc) is 2.46. The Hall–Kier alpha value is -1.15. The van der Waals surface area contributed by atoms with E-state index in [2.05, 4.69) is 0 Å². The maximum atomic E-state index is 12.5. The lowest BCUT2D eigenvalue weighted by Crippen LogP contribution is -2.50. The van der Waals surface area contributed by atoms with Crippen LogP contribution in [0, 0.1) is 0 Å². The van der Waals surface area contributed by atoms with Crippen LogP contribution in [0.15, 0.2) is 29.2 Å². The van der Waals surface area contributed by atoms with Crippen molar-refractivity contribution in [2.45, 2.75) is 24.0 Å². The molecule has 0 bridgehead atoms. The number of benzene rings is 1. The van der Waals surface area contributed by atoms with Crippen LogP contribution in [0.25, 0.3) is 0 Å². The van der Waals surface area contributed by atoms with Gasteiger partial charge in [-0.3, -0.25) is 0 Å². The molecule has 0 spiro atoms. The maximum Gasteiger partial charge on any atom is 0.243 e. The first-order chi connectivity index (χ1) is 9.47. The minimum absolute atomic E-state index is 0.162. The zero-order valence-electron chi connectivity index (χ0n) is 11.5. The molecule has 1 aromatic carbocycles. The van der Waals surface area contributed by atoms with Gasteiger partial charge < -0.3 is 14.6 Å². The minimum atomic E-state index is -3.58. The van der Waals surface area contributed by atoms with Crippen molar-refractivity contribution >= 4 is 10.0 Å². The Bertz CT molecular complexity index is 542. The molecule has 0 aliphatic carbocycles. The van der Waals surface area contributed by atoms with Gasteiger partial charge in [-0.15, -0.1) is 0 Å². The predicted molar refractivity (Wildman–Crippen MR) is 73.2 cm³/mol. The van der Waals surface area contributed by atoms with Gasteiger partial charge in [0.25, 0.3) is 0 Å². The second-order valence-electron chi connectivity index (χ2n) is 4.75. The molecule has 2 atom stereocenters. The molecule has 20 heavy (non-hydrogen) atoms. The lowest BCUT2D eigenvalue weighted by molar-refractivity contribution is -0.0750. The summed E-state index contributed by atoms with van der Waals surface area (Å²) in [6.07, 6.45) is -0.722. The quantitative estimate of drug-likeness (QED) is 0.874. The number of aliphatic hydroxyl groups is 1. The van der Waals surface area contributed by atoms with Crippen LogP contribution in [0.4, 0.5) is 0 Å². The van der Waals surface area contributed by atoms with Crippen LogP contribution in [0.1, 0.15) is 6.92 Å². The van der Waals surface area contributed by atoms with Crippen LogP contribution >= 0.6 is 0 Å². The number of hydrogen-bond acceptors (Lipinski definition) is 5. The average molecular weight is 301 g/mol. The molecule has 0 saturated carbocycles. The van der Waals surface area contributed by atoms with E-state index in [1.807, 2.05) is 0 Å². The van der Waals surface area contributed by atoms with Gasteiger partial charge in [-0.2, -0.15) is 4.31 Å². The molecule has 1 aliphatic rings. The van der Waals surface area contributed by atoms with E-state index in [-0.39, 0.29) is 30.7 Å². The molecule has 0 amide bonds. The van der Waals surface area contributed by atoms with Crippen LogP contribution in [0.5, 0.6) is 5.75 Å². The number of nitrogens with zero attached hydrogens (tertiary/aromatic N) is 1. The molecule has 112 valence electrons. The highest BCUT2D eigenvalue weighted by Crippen LogP contribution is 2.22. The summed E-state index contributed by atoms with van der Waals surface area (Å²) < 4.78 is 36.9. The monoisotopic (exact) mass is 301 g/mol. The molecule has 1 aromatic rings. The summed E-state index contributed by atoms with van der Waals surface area (Å²) in [6, 6.07) is 6.26. The summed E-state index contributed by atoms with van der Waals surface area (Å²) in [5.74, 6) is 0.604. The summed E-state index contributed by atoms with van der Waals surface area (Å²) in [6.45, 7) is 2.04. The molecule has 2 rings (SSSR count). The maximum absolute atomic E-state index is 12.5. The highest BCUT2D eigenvalue weighted by molar-refractivity contribution is 7.89. The molecule has 2 unspecified atom stereocenters. The third kappa shape index (κ3) is 3.12. The molecule has 1 saturated heterocycles. The minimum Gasteiger partial charge on any atom is -0.497 e. The fraction of sp³-hybridized carbons (Fsp3) is 0.538. The van der Waals surface area contributed by atoms with E-state index in [9.17, 15) is 8.42 Å². The second-order valence-corrected chi connectivity index (χ2v) is 6.69. The van der Waals surface area contributed by atoms with Gasteiger partial charge in [0.05, 0.1) is 30.8 Å². The molecule has 7 heteroatoms. The van der Waals surface area contributed by atoms with Gasteiger partial charge in [-0.05, 0) is 31.2 Å². The van der Waals surface area contributed by atoms with Crippen LogP contribution < -0.4 is 4.74 Å². The largest absolute Gasteiger partial charge is 0.497 e. The molecule has 1 heterocycles. The molecular weight excluding hydrogens is 282 g/mol. The number of aliphatic hydroxyl groups excluding tert-OH is 1. The van der Waals surface area contributed by atoms with Gasteiger partial charge in [0, 0.05) is 13.1 Å². The van der Waals surface area contributed by atoms with Crippen molar-refractivity contribution < 1.29 is 23.0 Å². The summed E-state index contributed by atoms with van der Waals surface area (Å²) in [7, 11) is -2.05. The molecule has 0 aromatic heterocycles. The van der Waals surface area contributed by atoms with E-state index in [1.54, 1.807) is 19.1 Å². The van der Waals surface area contributed by atoms with E-state index < -0.39 is 16.1 Å². The van der Waals surface area contributed by atoms with Gasteiger partial charge in [-0.1, -0.05) is 0 Å². The Morgan fingerprint density at radius 3 is 2.55 bits per heavy atom. The number of methoxy groups -OCH3 is 1. The molecular formula is C13H19NO5S. The summed E-state index contributed by atoms with van der Waals surface area (Å²) in [4.78, 5) is 0.212. The SMILES string of the molecule is COc1ccc(S(=O)(=O)N2CC(C)OC(CO)C2)cc1. The Labute approximate surface area is 119 Å². The fourth-order valence-corrected chi connectivity index (χ4v) is 3.74. The molecule has 0 radical (unpaired) electrons. The second kappa shape index (κ2) is 6.09. The van der Waals surface area contributed by atoms with Crippen molar-refractivity contribution in [3.05, 3.63) is 24.3 Å². The van der Waals surface area contributed by atoms with Gasteiger partial charge >= 0.3 is 0 Å². The first kappa shape index (κ1) is 15.2. The van der Waals surface area contributed by atoms with Crippen LogP contribution in [-0.4, -0.2) is 56.8 Å². The first-order valence-corrected chi connectivity index (χ1v) is 7.82. The van der Waals surface area contributed by atoms with E-state index >= 15 is 0 Å². The summed E-state index contributed by atoms with van der Waals surface area (Å²) in [5.41, 5.74) is 0. The predicted octanol–water partition coefficient (Wildman–Crippen LogP) is 0.465. The number of sulfonamides is 1. The summed E-state index contributed by atoms with van der Waals surface area (Å²) >= 11 is 0. The molecule has 1 N–H and O–H groups in total. The number of hydrogen-bond donors (Lipinski definition) is 1. The van der Waals surface area contributed by atoms with E-state index in [0.29, 0.717) is 5.75 Å². The van der Waals surface area contributed by atoms with Crippen molar-refractivity contribution in [3.63, 3.8) is 0 Å². The van der Waals surface area contributed by atoms with Gasteiger partial charge in [-0.25, -0.2) is 8.42 Å². The third-order valence-corrected chi connectivity index (χ3v) is 5.04. The third-order valence-electron chi connectivity index (χ3n) is 3.19. The van der Waals surface area contributed by atoms with E-state index in [1.165, 1.54) is 23.5 Å². The zero-order chi connectivity index (χ0) is 14.8. The van der Waals surface area contributed by atoms with Gasteiger partial charge in [0.2, 0.25) is 10.0 Å². The van der Waals surface area contributed by atoms with Crippen molar-refractivity contribution in [1.29, 1.82) is 0 Å². The lowest BCUT2D eigenvalue weighted by Gasteiger charge is -2.35. The fourth-order valence-electron chi connectivity index (χ4n) is 2.20. The van der Waals surface area contributed by atoms with Crippen molar-refractivity contribution in [1.82, 2.24) is 4.31 Å². The van der Waals surface area contributed by atoms with Crippen LogP contribution in [0.3, 0.4) is 0 Å². The first-order valence-electron chi connectivity index (χ1n) is 6.38. The van der Waals surface area contributed by atoms with E-state index in [0.717, 1.165) is 0 Å². The summed E-state index contributed by atoms with van der Waals surface area (Å²) in [5, 5.41) is 9.17. The molecule has 6 nitrogen and oxygen atoms in total. The number of morpholine rings is 1. The molecule has 1 aliphatic heterocycles. The smallest absolute Gasteiger partial charge is 0.243 e. The van der Waals surface area contributed by atoms with Crippen molar-refractivity contribution in [2.24, 2.45) is 0 Å². The van der Waals surface area contributed by atoms with Crippen molar-refractivity contribution in [3.8, 4) is 5.75 Å². The lowest BCUT2D eigenvalue weighted by atomic mass is 10.2. The van der Waals surface area contributed by atoms with E-state index in [4.69, 9.17) is 14.6 Å². The Kier molecular flexibility index (Phi) is 4.64. The zero-order valence-corrected chi connectivity index (χ0v) is 12.3. The van der Waals surface area contributed by atoms with Crippen LogP contribution in [0.2, 0.25) is 0 Å². The van der Waals surface area contributed by atoms with Crippen LogP contribution in [-0.2, 0) is 14.8 Å². The Balaban J connectivity index is 2.24. The van der Waals surface area contributed by atoms with Gasteiger partial charge in [0.15, 0.2) is 0 Å². The molecule has 1 fully saturated rings. The Morgan fingerprint density at radius 2 is 2.00 bits per heavy atom. The Morgan fingerprint density at radius 1 is 1.35 bits per heavy atom.